The summed E-state index contributed by atoms with van der Waals surface area (Å²) < 4.78 is 5.86. The van der Waals surface area contributed by atoms with E-state index in [-0.39, 0.29) is 12.0 Å². The van der Waals surface area contributed by atoms with Gasteiger partial charge in [0.15, 0.2) is 0 Å². The fraction of sp³-hybridized carbons (Fsp3) is 0.625. The molecule has 4 nitrogen and oxygen atoms in total. The lowest BCUT2D eigenvalue weighted by Gasteiger charge is -2.34. The van der Waals surface area contributed by atoms with Crippen molar-refractivity contribution in [2.24, 2.45) is 11.8 Å². The first-order valence-corrected chi connectivity index (χ1v) is 8.74. The van der Waals surface area contributed by atoms with Crippen molar-refractivity contribution in [3.63, 3.8) is 0 Å². The molecule has 0 bridgehead atoms. The van der Waals surface area contributed by atoms with Crippen LogP contribution in [-0.2, 0) is 4.74 Å². The van der Waals surface area contributed by atoms with Gasteiger partial charge in [0.1, 0.15) is 0 Å². The van der Waals surface area contributed by atoms with E-state index in [4.69, 9.17) is 4.74 Å². The first kappa shape index (κ1) is 16.3. The van der Waals surface area contributed by atoms with Gasteiger partial charge < -0.3 is 10.1 Å². The zero-order chi connectivity index (χ0) is 15.2. The minimum atomic E-state index is -0.0271. The number of hydrogen-bond donors (Lipinski definition) is 1. The summed E-state index contributed by atoms with van der Waals surface area (Å²) in [6.07, 6.45) is 6.08. The van der Waals surface area contributed by atoms with Crippen LogP contribution in [0.1, 0.15) is 37.0 Å². The third kappa shape index (κ3) is 4.45. The van der Waals surface area contributed by atoms with Gasteiger partial charge in [0.05, 0.1) is 11.1 Å². The second-order valence-corrected chi connectivity index (χ2v) is 6.61. The van der Waals surface area contributed by atoms with Crippen molar-refractivity contribution < 1.29 is 9.53 Å². The number of hydrogen-bond acceptors (Lipinski definition) is 4. The molecule has 0 aliphatic carbocycles. The molecule has 116 valence electrons. The van der Waals surface area contributed by atoms with E-state index in [9.17, 15) is 4.79 Å². The van der Waals surface area contributed by atoms with Crippen LogP contribution in [-0.4, -0.2) is 36.4 Å². The number of thioether (sulfide) groups is 1. The number of carbonyl (C=O) groups is 1. The molecule has 2 unspecified atom stereocenters. The first-order chi connectivity index (χ1) is 10.1. The summed E-state index contributed by atoms with van der Waals surface area (Å²) in [5.41, 5.74) is 0.673. The van der Waals surface area contributed by atoms with Gasteiger partial charge in [-0.1, -0.05) is 13.8 Å². The van der Waals surface area contributed by atoms with Crippen molar-refractivity contribution in [2.45, 2.75) is 37.8 Å². The van der Waals surface area contributed by atoms with Crippen LogP contribution in [0.15, 0.2) is 23.4 Å². The maximum atomic E-state index is 12.2. The third-order valence-corrected chi connectivity index (χ3v) is 4.52. The molecule has 2 atom stereocenters. The number of pyridine rings is 1. The Labute approximate surface area is 131 Å². The predicted molar refractivity (Wildman–Crippen MR) is 85.7 cm³/mol. The van der Waals surface area contributed by atoms with Crippen LogP contribution in [0.2, 0.25) is 0 Å². The Kier molecular flexibility index (Phi) is 6.06. The summed E-state index contributed by atoms with van der Waals surface area (Å²) in [5, 5.41) is 3.91. The van der Waals surface area contributed by atoms with Crippen molar-refractivity contribution in [1.29, 1.82) is 0 Å². The van der Waals surface area contributed by atoms with E-state index < -0.39 is 0 Å². The molecule has 1 N–H and O–H groups in total. The van der Waals surface area contributed by atoms with Crippen LogP contribution in [0.5, 0.6) is 0 Å². The van der Waals surface area contributed by atoms with Gasteiger partial charge in [-0.25, -0.2) is 4.98 Å². The Balaban J connectivity index is 1.93. The normalized spacial score (nSPS) is 22.3. The molecule has 1 aromatic rings. The number of carbonyl (C=O) groups excluding carboxylic acids is 1. The second-order valence-electron chi connectivity index (χ2n) is 5.78. The van der Waals surface area contributed by atoms with Gasteiger partial charge in [0.2, 0.25) is 0 Å². The van der Waals surface area contributed by atoms with E-state index in [1.54, 1.807) is 12.3 Å². The molecule has 0 radical (unpaired) electrons. The van der Waals surface area contributed by atoms with Gasteiger partial charge in [0.25, 0.3) is 5.91 Å². The van der Waals surface area contributed by atoms with Crippen molar-refractivity contribution in [1.82, 2.24) is 10.3 Å². The standard InChI is InChI=1S/C16H24N2O2S/c1-11(2)15-13(5-4-8-20-15)10-18-16(19)12-6-7-17-14(9-12)21-3/h6-7,9,11,13,15H,4-5,8,10H2,1-3H3,(H,18,19). The molecule has 0 aromatic carbocycles. The molecule has 1 aliphatic rings. The fourth-order valence-electron chi connectivity index (χ4n) is 2.81. The molecule has 0 spiro atoms. The topological polar surface area (TPSA) is 51.2 Å². The lowest BCUT2D eigenvalue weighted by Crippen LogP contribution is -2.41. The minimum absolute atomic E-state index is 0.0271. The van der Waals surface area contributed by atoms with Gasteiger partial charge in [-0.3, -0.25) is 4.79 Å². The van der Waals surface area contributed by atoms with E-state index in [0.717, 1.165) is 24.5 Å². The fourth-order valence-corrected chi connectivity index (χ4v) is 3.22. The number of nitrogens with one attached hydrogen (secondary N) is 1. The Morgan fingerprint density at radius 2 is 2.38 bits per heavy atom. The molecular formula is C16H24N2O2S. The highest BCUT2D eigenvalue weighted by Crippen LogP contribution is 2.25. The van der Waals surface area contributed by atoms with Crippen LogP contribution in [0.25, 0.3) is 0 Å². The van der Waals surface area contributed by atoms with E-state index in [0.29, 0.717) is 23.9 Å². The zero-order valence-corrected chi connectivity index (χ0v) is 13.8. The van der Waals surface area contributed by atoms with E-state index in [2.05, 4.69) is 24.1 Å². The zero-order valence-electron chi connectivity index (χ0n) is 13.0. The van der Waals surface area contributed by atoms with Crippen LogP contribution in [0, 0.1) is 11.8 Å². The van der Waals surface area contributed by atoms with Crippen molar-refractivity contribution in [2.75, 3.05) is 19.4 Å². The van der Waals surface area contributed by atoms with Crippen LogP contribution >= 0.6 is 11.8 Å². The predicted octanol–water partition coefficient (Wildman–Crippen LogP) is 2.98. The van der Waals surface area contributed by atoms with E-state index in [1.807, 2.05) is 12.3 Å². The quantitative estimate of drug-likeness (QED) is 0.850. The molecular weight excluding hydrogens is 284 g/mol. The summed E-state index contributed by atoms with van der Waals surface area (Å²) in [4.78, 5) is 16.4. The van der Waals surface area contributed by atoms with Crippen molar-refractivity contribution in [3.05, 3.63) is 23.9 Å². The van der Waals surface area contributed by atoms with Crippen molar-refractivity contribution >= 4 is 17.7 Å². The van der Waals surface area contributed by atoms with Gasteiger partial charge in [-0.2, -0.15) is 0 Å². The molecule has 1 aromatic heterocycles. The number of ether oxygens (including phenoxy) is 1. The second kappa shape index (κ2) is 7.80. The summed E-state index contributed by atoms with van der Waals surface area (Å²) in [6, 6.07) is 3.59. The average Bonchev–Trinajstić information content (AvgIpc) is 2.52. The number of rotatable bonds is 5. The molecule has 2 rings (SSSR count). The monoisotopic (exact) mass is 308 g/mol. The third-order valence-electron chi connectivity index (χ3n) is 3.88. The molecule has 1 aliphatic heterocycles. The molecule has 21 heavy (non-hydrogen) atoms. The maximum absolute atomic E-state index is 12.2. The molecule has 2 heterocycles. The summed E-state index contributed by atoms with van der Waals surface area (Å²) in [7, 11) is 0. The first-order valence-electron chi connectivity index (χ1n) is 7.51. The molecule has 1 fully saturated rings. The average molecular weight is 308 g/mol. The Morgan fingerprint density at radius 3 is 3.10 bits per heavy atom. The largest absolute Gasteiger partial charge is 0.378 e. The van der Waals surface area contributed by atoms with Gasteiger partial charge >= 0.3 is 0 Å². The minimum Gasteiger partial charge on any atom is -0.378 e. The molecule has 5 heteroatoms. The molecule has 1 amide bonds. The number of aromatic nitrogens is 1. The highest BCUT2D eigenvalue weighted by atomic mass is 32.2. The van der Waals surface area contributed by atoms with Crippen LogP contribution < -0.4 is 5.32 Å². The number of amides is 1. The van der Waals surface area contributed by atoms with Gasteiger partial charge in [0, 0.05) is 30.8 Å². The lowest BCUT2D eigenvalue weighted by molar-refractivity contribution is -0.0510. The molecule has 1 saturated heterocycles. The SMILES string of the molecule is CSc1cc(C(=O)NCC2CCCOC2C(C)C)ccn1. The van der Waals surface area contributed by atoms with Crippen LogP contribution in [0.4, 0.5) is 0 Å². The smallest absolute Gasteiger partial charge is 0.251 e. The van der Waals surface area contributed by atoms with E-state index >= 15 is 0 Å². The van der Waals surface area contributed by atoms with Gasteiger partial charge in [-0.15, -0.1) is 11.8 Å². The summed E-state index contributed by atoms with van der Waals surface area (Å²) in [6.45, 7) is 5.88. The number of nitrogens with zero attached hydrogens (tertiary/aromatic N) is 1. The Hall–Kier alpha value is -1.07. The van der Waals surface area contributed by atoms with Crippen LogP contribution in [0.3, 0.4) is 0 Å². The highest BCUT2D eigenvalue weighted by Gasteiger charge is 2.28. The molecule has 0 saturated carbocycles. The Morgan fingerprint density at radius 1 is 1.57 bits per heavy atom. The lowest BCUT2D eigenvalue weighted by atomic mass is 9.87. The Bertz CT molecular complexity index is 479. The van der Waals surface area contributed by atoms with E-state index in [1.165, 1.54) is 11.8 Å². The van der Waals surface area contributed by atoms with Gasteiger partial charge in [-0.05, 0) is 37.1 Å². The van der Waals surface area contributed by atoms with Crippen molar-refractivity contribution in [3.8, 4) is 0 Å². The summed E-state index contributed by atoms with van der Waals surface area (Å²) in [5.74, 6) is 0.863. The summed E-state index contributed by atoms with van der Waals surface area (Å²) >= 11 is 1.54. The maximum Gasteiger partial charge on any atom is 0.251 e. The highest BCUT2D eigenvalue weighted by molar-refractivity contribution is 7.98.